The Balaban J connectivity index is 1.53. The summed E-state index contributed by atoms with van der Waals surface area (Å²) < 4.78 is 6.30. The zero-order valence-corrected chi connectivity index (χ0v) is 21.6. The minimum absolute atomic E-state index is 0.103. The van der Waals surface area contributed by atoms with Crippen molar-refractivity contribution in [2.24, 2.45) is 5.92 Å². The zero-order chi connectivity index (χ0) is 25.6. The van der Waals surface area contributed by atoms with E-state index in [0.29, 0.717) is 19.4 Å². The second-order valence-electron chi connectivity index (χ2n) is 9.88. The number of aliphatic carboxylic acids is 1. The molecule has 0 amide bonds. The molecule has 5 heteroatoms. The largest absolute Gasteiger partial charge is 0.481 e. The van der Waals surface area contributed by atoms with E-state index >= 15 is 0 Å². The predicted molar refractivity (Wildman–Crippen MR) is 144 cm³/mol. The van der Waals surface area contributed by atoms with Gasteiger partial charge >= 0.3 is 5.97 Å². The number of allylic oxidation sites excluding steroid dienone is 2. The van der Waals surface area contributed by atoms with E-state index in [-0.39, 0.29) is 30.3 Å². The number of nitrogens with zero attached hydrogens (tertiary/aromatic N) is 1. The first-order valence-electron chi connectivity index (χ1n) is 13.3. The molecule has 0 unspecified atom stereocenters. The molecule has 194 valence electrons. The number of ether oxygens (including phenoxy) is 1. The van der Waals surface area contributed by atoms with E-state index in [4.69, 9.17) is 9.84 Å². The van der Waals surface area contributed by atoms with Gasteiger partial charge in [-0.2, -0.15) is 0 Å². The van der Waals surface area contributed by atoms with Crippen molar-refractivity contribution in [1.82, 2.24) is 4.90 Å². The van der Waals surface area contributed by atoms with Crippen LogP contribution in [0, 0.1) is 5.92 Å². The maximum atomic E-state index is 13.1. The van der Waals surface area contributed by atoms with Gasteiger partial charge in [0.2, 0.25) is 0 Å². The topological polar surface area (TPSA) is 66.8 Å². The van der Waals surface area contributed by atoms with Crippen molar-refractivity contribution in [1.29, 1.82) is 0 Å². The molecule has 3 atom stereocenters. The van der Waals surface area contributed by atoms with Crippen LogP contribution in [0.3, 0.4) is 0 Å². The Hall–Kier alpha value is -2.76. The summed E-state index contributed by atoms with van der Waals surface area (Å²) in [5, 5.41) is 8.83. The van der Waals surface area contributed by atoms with Gasteiger partial charge in [-0.3, -0.25) is 14.5 Å². The normalized spacial score (nSPS) is 19.9. The fourth-order valence-corrected chi connectivity index (χ4v) is 5.12. The molecule has 36 heavy (non-hydrogen) atoms. The summed E-state index contributed by atoms with van der Waals surface area (Å²) in [6, 6.07) is 20.5. The lowest BCUT2D eigenvalue weighted by Gasteiger charge is -2.30. The molecule has 5 nitrogen and oxygen atoms in total. The summed E-state index contributed by atoms with van der Waals surface area (Å²) in [5.74, 6) is -0.389. The van der Waals surface area contributed by atoms with Crippen LogP contribution in [-0.2, 0) is 27.4 Å². The SMILES string of the molecule is CN(CCCCCc1ccccc1)[C@@H]1C(=O)C[C@@H](OCc2ccccc2)[C@H]1CC=CCCCC(=O)O. The van der Waals surface area contributed by atoms with Gasteiger partial charge in [0.05, 0.1) is 18.8 Å². The van der Waals surface area contributed by atoms with Gasteiger partial charge in [-0.15, -0.1) is 0 Å². The van der Waals surface area contributed by atoms with Gasteiger partial charge in [-0.05, 0) is 63.2 Å². The molecule has 0 saturated heterocycles. The standard InChI is InChI=1S/C31H41NO4/c1-32(22-14-6-11-17-25-15-7-4-8-16-25)31-27(20-12-2-3-13-21-30(34)35)29(23-28(31)33)36-24-26-18-9-5-10-19-26/h2,4-5,7-10,12,15-16,18-19,27,29,31H,3,6,11,13-14,17,20-24H2,1H3,(H,34,35)/t27-,29-,31+/m1/s1. The van der Waals surface area contributed by atoms with Crippen LogP contribution in [0.25, 0.3) is 0 Å². The molecule has 1 N–H and O–H groups in total. The maximum absolute atomic E-state index is 13.1. The number of likely N-dealkylation sites (N-methyl/N-ethyl adjacent to an activating group) is 1. The molecule has 3 rings (SSSR count). The molecule has 1 fully saturated rings. The van der Waals surface area contributed by atoms with Crippen LogP contribution in [0.1, 0.15) is 62.5 Å². The van der Waals surface area contributed by atoms with E-state index in [1.165, 1.54) is 5.56 Å². The Morgan fingerprint density at radius 1 is 0.972 bits per heavy atom. The van der Waals surface area contributed by atoms with Crippen molar-refractivity contribution >= 4 is 11.8 Å². The molecule has 1 aliphatic carbocycles. The fraction of sp³-hybridized carbons (Fsp3) is 0.484. The summed E-state index contributed by atoms with van der Waals surface area (Å²) in [7, 11) is 2.07. The first kappa shape index (κ1) is 27.8. The van der Waals surface area contributed by atoms with Crippen LogP contribution < -0.4 is 0 Å². The van der Waals surface area contributed by atoms with Gasteiger partial charge in [-0.25, -0.2) is 0 Å². The van der Waals surface area contributed by atoms with Gasteiger partial charge in [0.1, 0.15) is 0 Å². The molecule has 2 aromatic carbocycles. The van der Waals surface area contributed by atoms with Crippen LogP contribution in [0.15, 0.2) is 72.8 Å². The van der Waals surface area contributed by atoms with Crippen LogP contribution in [0.5, 0.6) is 0 Å². The number of hydrogen-bond donors (Lipinski definition) is 1. The summed E-state index contributed by atoms with van der Waals surface area (Å²) in [4.78, 5) is 26.1. The number of hydrogen-bond acceptors (Lipinski definition) is 4. The smallest absolute Gasteiger partial charge is 0.303 e. The van der Waals surface area contributed by atoms with E-state index in [1.807, 2.05) is 30.3 Å². The van der Waals surface area contributed by atoms with Gasteiger partial charge in [-0.1, -0.05) is 79.2 Å². The van der Waals surface area contributed by atoms with E-state index in [9.17, 15) is 9.59 Å². The Labute approximate surface area is 216 Å². The molecule has 1 aliphatic rings. The lowest BCUT2D eigenvalue weighted by Crippen LogP contribution is -2.41. The van der Waals surface area contributed by atoms with Crippen molar-refractivity contribution < 1.29 is 19.4 Å². The summed E-state index contributed by atoms with van der Waals surface area (Å²) >= 11 is 0. The van der Waals surface area contributed by atoms with Crippen molar-refractivity contribution in [2.45, 2.75) is 76.5 Å². The zero-order valence-electron chi connectivity index (χ0n) is 21.6. The third kappa shape index (κ3) is 9.36. The average Bonchev–Trinajstić information content (AvgIpc) is 3.20. The van der Waals surface area contributed by atoms with E-state index < -0.39 is 5.97 Å². The molecular formula is C31H41NO4. The maximum Gasteiger partial charge on any atom is 0.303 e. The third-order valence-corrected chi connectivity index (χ3v) is 7.05. The first-order chi connectivity index (χ1) is 17.5. The van der Waals surface area contributed by atoms with Gasteiger partial charge in [0.15, 0.2) is 5.78 Å². The summed E-state index contributed by atoms with van der Waals surface area (Å²) in [6.07, 6.45) is 11.3. The Bertz CT molecular complexity index is 944. The highest BCUT2D eigenvalue weighted by Gasteiger charge is 2.44. The monoisotopic (exact) mass is 491 g/mol. The quantitative estimate of drug-likeness (QED) is 0.228. The van der Waals surface area contributed by atoms with Gasteiger partial charge < -0.3 is 9.84 Å². The number of benzene rings is 2. The highest BCUT2D eigenvalue weighted by atomic mass is 16.5. The van der Waals surface area contributed by atoms with E-state index in [1.54, 1.807) is 0 Å². The van der Waals surface area contributed by atoms with Crippen LogP contribution in [-0.4, -0.2) is 47.5 Å². The summed E-state index contributed by atoms with van der Waals surface area (Å²) in [6.45, 7) is 1.41. The summed E-state index contributed by atoms with van der Waals surface area (Å²) in [5.41, 5.74) is 2.49. The van der Waals surface area contributed by atoms with Crippen LogP contribution in [0.4, 0.5) is 0 Å². The van der Waals surface area contributed by atoms with Crippen molar-refractivity contribution in [2.75, 3.05) is 13.6 Å². The fourth-order valence-electron chi connectivity index (χ4n) is 5.12. The van der Waals surface area contributed by atoms with Crippen molar-refractivity contribution in [3.8, 4) is 0 Å². The van der Waals surface area contributed by atoms with E-state index in [0.717, 1.165) is 50.6 Å². The molecule has 2 aromatic rings. The Morgan fingerprint density at radius 2 is 1.67 bits per heavy atom. The number of Topliss-reactive ketones (excluding diaryl/α,β-unsaturated/α-hetero) is 1. The number of unbranched alkanes of at least 4 members (excludes halogenated alkanes) is 3. The van der Waals surface area contributed by atoms with Gasteiger partial charge in [0.25, 0.3) is 0 Å². The van der Waals surface area contributed by atoms with E-state index in [2.05, 4.69) is 54.4 Å². The Morgan fingerprint density at radius 3 is 2.36 bits per heavy atom. The molecule has 0 aromatic heterocycles. The molecule has 1 saturated carbocycles. The van der Waals surface area contributed by atoms with Crippen molar-refractivity contribution in [3.05, 3.63) is 83.9 Å². The minimum Gasteiger partial charge on any atom is -0.481 e. The second-order valence-corrected chi connectivity index (χ2v) is 9.88. The minimum atomic E-state index is -0.760. The number of rotatable bonds is 16. The predicted octanol–water partition coefficient (Wildman–Crippen LogP) is 6.08. The third-order valence-electron chi connectivity index (χ3n) is 7.05. The number of carbonyl (C=O) groups excluding carboxylic acids is 1. The van der Waals surface area contributed by atoms with Crippen LogP contribution in [0.2, 0.25) is 0 Å². The highest BCUT2D eigenvalue weighted by molar-refractivity contribution is 5.87. The molecule has 0 bridgehead atoms. The number of carboxylic acid groups (broad SMARTS) is 1. The first-order valence-corrected chi connectivity index (χ1v) is 13.3. The lowest BCUT2D eigenvalue weighted by molar-refractivity contribution is -0.137. The highest BCUT2D eigenvalue weighted by Crippen LogP contribution is 2.33. The lowest BCUT2D eigenvalue weighted by atomic mass is 9.95. The molecule has 0 aliphatic heterocycles. The van der Waals surface area contributed by atoms with Crippen molar-refractivity contribution in [3.63, 3.8) is 0 Å². The Kier molecular flexibility index (Phi) is 11.9. The number of carboxylic acids is 1. The number of carbonyl (C=O) groups is 2. The van der Waals surface area contributed by atoms with Gasteiger partial charge in [0, 0.05) is 18.8 Å². The number of aryl methyl sites for hydroxylation is 1. The second kappa shape index (κ2) is 15.4. The molecule has 0 heterocycles. The average molecular weight is 492 g/mol. The molecule has 0 spiro atoms. The molecular weight excluding hydrogens is 450 g/mol. The number of ketones is 1. The molecule has 0 radical (unpaired) electrons. The van der Waals surface area contributed by atoms with Crippen LogP contribution >= 0.6 is 0 Å².